The van der Waals surface area contributed by atoms with Crippen molar-refractivity contribution < 1.29 is 33.9 Å². The van der Waals surface area contributed by atoms with Crippen LogP contribution in [0, 0.1) is 0 Å². The number of aldehydes is 3. The van der Waals surface area contributed by atoms with Gasteiger partial charge in [-0.3, -0.25) is 24.0 Å². The molecule has 9 heteroatoms. The lowest BCUT2D eigenvalue weighted by Crippen LogP contribution is -2.30. The van der Waals surface area contributed by atoms with Gasteiger partial charge in [-0.15, -0.1) is 0 Å². The number of carboxylic acid groups (broad SMARTS) is 1. The van der Waals surface area contributed by atoms with Gasteiger partial charge in [0.25, 0.3) is 11.8 Å². The molecule has 1 N–H and O–H groups in total. The molecule has 0 saturated carbocycles. The fourth-order valence-electron chi connectivity index (χ4n) is 3.50. The molecule has 0 heterocycles. The molecule has 0 aromatic heterocycles. The van der Waals surface area contributed by atoms with Crippen LogP contribution in [0.3, 0.4) is 0 Å². The Labute approximate surface area is 240 Å². The third kappa shape index (κ3) is 11.0. The second kappa shape index (κ2) is 18.4. The van der Waals surface area contributed by atoms with Crippen molar-refractivity contribution in [3.8, 4) is 0 Å². The van der Waals surface area contributed by atoms with Crippen molar-refractivity contribution >= 4 is 36.6 Å². The Morgan fingerprint density at radius 2 is 0.756 bits per heavy atom. The zero-order chi connectivity index (χ0) is 30.8. The first-order valence-electron chi connectivity index (χ1n) is 13.2. The molecule has 41 heavy (non-hydrogen) atoms. The van der Waals surface area contributed by atoms with Gasteiger partial charge in [-0.25, -0.2) is 4.79 Å². The van der Waals surface area contributed by atoms with E-state index >= 15 is 0 Å². The van der Waals surface area contributed by atoms with Crippen molar-refractivity contribution in [3.05, 3.63) is 106 Å². The van der Waals surface area contributed by atoms with Crippen molar-refractivity contribution in [3.63, 3.8) is 0 Å². The van der Waals surface area contributed by atoms with E-state index in [1.807, 2.05) is 27.7 Å². The van der Waals surface area contributed by atoms with Gasteiger partial charge in [0, 0.05) is 54.0 Å². The van der Waals surface area contributed by atoms with Crippen molar-refractivity contribution in [2.45, 2.75) is 27.7 Å². The standard InChI is InChI=1S/2C12H15NO2.C8H6O3/c2*1-3-13(4-2)12(15)11-7-5-10(9-14)6-8-11;9-5-6-1-3-7(4-2-6)8(10)11/h2*5-9H,3-4H2,1-2H3;1-5H,(H,10,11). The van der Waals surface area contributed by atoms with E-state index in [-0.39, 0.29) is 17.4 Å². The minimum atomic E-state index is -0.984. The molecule has 0 spiro atoms. The molecular formula is C32H36N2O7. The molecule has 2 amide bonds. The van der Waals surface area contributed by atoms with Gasteiger partial charge >= 0.3 is 5.97 Å². The van der Waals surface area contributed by atoms with E-state index in [0.29, 0.717) is 60.3 Å². The largest absolute Gasteiger partial charge is 0.478 e. The molecule has 3 rings (SSSR count). The summed E-state index contributed by atoms with van der Waals surface area (Å²) in [4.78, 5) is 68.5. The Hall–Kier alpha value is -4.92. The van der Waals surface area contributed by atoms with Crippen LogP contribution in [0.1, 0.15) is 89.8 Å². The van der Waals surface area contributed by atoms with Crippen LogP contribution in [-0.4, -0.2) is 77.7 Å². The quantitative estimate of drug-likeness (QED) is 0.339. The van der Waals surface area contributed by atoms with Gasteiger partial charge < -0.3 is 14.9 Å². The van der Waals surface area contributed by atoms with Gasteiger partial charge in [0.05, 0.1) is 5.56 Å². The van der Waals surface area contributed by atoms with Crippen LogP contribution in [0.15, 0.2) is 72.8 Å². The lowest BCUT2D eigenvalue weighted by Gasteiger charge is -2.18. The van der Waals surface area contributed by atoms with Crippen molar-refractivity contribution in [2.75, 3.05) is 26.2 Å². The molecule has 0 unspecified atom stereocenters. The molecule has 0 bridgehead atoms. The summed E-state index contributed by atoms with van der Waals surface area (Å²) in [5, 5.41) is 8.46. The first-order chi connectivity index (χ1) is 19.7. The van der Waals surface area contributed by atoms with Gasteiger partial charge in [-0.1, -0.05) is 36.4 Å². The van der Waals surface area contributed by atoms with E-state index in [2.05, 4.69) is 0 Å². The predicted octanol–water partition coefficient (Wildman–Crippen LogP) is 5.16. The SMILES string of the molecule is CCN(CC)C(=O)c1ccc(C=O)cc1.CCN(CC)C(=O)c1ccc(C=O)cc1.O=Cc1ccc(C(=O)O)cc1. The van der Waals surface area contributed by atoms with E-state index in [0.717, 1.165) is 12.6 Å². The summed E-state index contributed by atoms with van der Waals surface area (Å²) in [5.41, 5.74) is 3.11. The molecule has 3 aromatic carbocycles. The number of amides is 2. The second-order valence-electron chi connectivity index (χ2n) is 8.48. The monoisotopic (exact) mass is 560 g/mol. The summed E-state index contributed by atoms with van der Waals surface area (Å²) in [6, 6.07) is 19.1. The van der Waals surface area contributed by atoms with Crippen LogP contribution in [0.5, 0.6) is 0 Å². The number of aromatic carboxylic acids is 1. The average molecular weight is 561 g/mol. The van der Waals surface area contributed by atoms with E-state index in [9.17, 15) is 28.8 Å². The molecule has 3 aromatic rings. The van der Waals surface area contributed by atoms with Crippen molar-refractivity contribution in [2.24, 2.45) is 0 Å². The third-order valence-electron chi connectivity index (χ3n) is 5.98. The Kier molecular flexibility index (Phi) is 15.3. The van der Waals surface area contributed by atoms with Gasteiger partial charge in [0.1, 0.15) is 18.9 Å². The number of rotatable bonds is 10. The number of carboxylic acids is 1. The highest BCUT2D eigenvalue weighted by molar-refractivity contribution is 5.95. The van der Waals surface area contributed by atoms with Crippen LogP contribution < -0.4 is 0 Å². The normalized spacial score (nSPS) is 9.56. The number of carbonyl (C=O) groups excluding carboxylic acids is 5. The molecule has 0 fully saturated rings. The van der Waals surface area contributed by atoms with Crippen LogP contribution >= 0.6 is 0 Å². The summed E-state index contributed by atoms with van der Waals surface area (Å²) in [7, 11) is 0. The topological polar surface area (TPSA) is 129 Å². The van der Waals surface area contributed by atoms with Crippen molar-refractivity contribution in [1.82, 2.24) is 9.80 Å². The lowest BCUT2D eigenvalue weighted by atomic mass is 10.1. The number of hydrogen-bond acceptors (Lipinski definition) is 6. The predicted molar refractivity (Wildman–Crippen MR) is 157 cm³/mol. The molecule has 216 valence electrons. The molecule has 0 radical (unpaired) electrons. The van der Waals surface area contributed by atoms with E-state index in [1.165, 1.54) is 24.3 Å². The van der Waals surface area contributed by atoms with E-state index in [1.54, 1.807) is 58.3 Å². The Morgan fingerprint density at radius 3 is 0.951 bits per heavy atom. The smallest absolute Gasteiger partial charge is 0.335 e. The average Bonchev–Trinajstić information content (AvgIpc) is 3.02. The zero-order valence-corrected chi connectivity index (χ0v) is 23.8. The highest BCUT2D eigenvalue weighted by Gasteiger charge is 2.12. The summed E-state index contributed by atoms with van der Waals surface area (Å²) in [6.07, 6.45) is 2.21. The maximum Gasteiger partial charge on any atom is 0.335 e. The maximum atomic E-state index is 11.8. The second-order valence-corrected chi connectivity index (χ2v) is 8.48. The molecule has 9 nitrogen and oxygen atoms in total. The Balaban J connectivity index is 0.000000312. The fraction of sp³-hybridized carbons (Fsp3) is 0.250. The fourth-order valence-corrected chi connectivity index (χ4v) is 3.50. The van der Waals surface area contributed by atoms with Crippen LogP contribution in [0.4, 0.5) is 0 Å². The number of hydrogen-bond donors (Lipinski definition) is 1. The number of nitrogens with zero attached hydrogens (tertiary/aromatic N) is 2. The Morgan fingerprint density at radius 1 is 0.512 bits per heavy atom. The molecule has 0 aliphatic heterocycles. The van der Waals surface area contributed by atoms with Crippen LogP contribution in [0.2, 0.25) is 0 Å². The summed E-state index contributed by atoms with van der Waals surface area (Å²) < 4.78 is 0. The van der Waals surface area contributed by atoms with E-state index < -0.39 is 5.97 Å². The minimum Gasteiger partial charge on any atom is -0.478 e. The summed E-state index contributed by atoms with van der Waals surface area (Å²) in [6.45, 7) is 10.6. The maximum absolute atomic E-state index is 11.8. The number of carbonyl (C=O) groups is 6. The van der Waals surface area contributed by atoms with Gasteiger partial charge in [0.15, 0.2) is 0 Å². The van der Waals surface area contributed by atoms with Gasteiger partial charge in [-0.05, 0) is 64.1 Å². The van der Waals surface area contributed by atoms with Crippen molar-refractivity contribution in [1.29, 1.82) is 0 Å². The third-order valence-corrected chi connectivity index (χ3v) is 5.98. The molecular weight excluding hydrogens is 524 g/mol. The molecule has 0 aliphatic rings. The number of benzene rings is 3. The summed E-state index contributed by atoms with van der Waals surface area (Å²) in [5.74, 6) is -0.961. The van der Waals surface area contributed by atoms with Crippen LogP contribution in [0.25, 0.3) is 0 Å². The highest BCUT2D eigenvalue weighted by atomic mass is 16.4. The van der Waals surface area contributed by atoms with Gasteiger partial charge in [-0.2, -0.15) is 0 Å². The zero-order valence-electron chi connectivity index (χ0n) is 23.8. The lowest BCUT2D eigenvalue weighted by molar-refractivity contribution is 0.0694. The minimum absolute atomic E-state index is 0.0115. The first-order valence-corrected chi connectivity index (χ1v) is 13.2. The van der Waals surface area contributed by atoms with Gasteiger partial charge in [0.2, 0.25) is 0 Å². The molecule has 0 atom stereocenters. The summed E-state index contributed by atoms with van der Waals surface area (Å²) >= 11 is 0. The first kappa shape index (κ1) is 34.1. The van der Waals surface area contributed by atoms with Crippen LogP contribution in [-0.2, 0) is 0 Å². The Bertz CT molecular complexity index is 1210. The molecule has 0 aliphatic carbocycles. The molecule has 0 saturated heterocycles. The van der Waals surface area contributed by atoms with E-state index in [4.69, 9.17) is 5.11 Å². The highest BCUT2D eigenvalue weighted by Crippen LogP contribution is 2.08.